The highest BCUT2D eigenvalue weighted by Crippen LogP contribution is 2.25. The van der Waals surface area contributed by atoms with Crippen LogP contribution in [0.15, 0.2) is 41.8 Å². The summed E-state index contributed by atoms with van der Waals surface area (Å²) in [5.41, 5.74) is 2.85. The minimum absolute atomic E-state index is 0.603. The summed E-state index contributed by atoms with van der Waals surface area (Å²) in [6.07, 6.45) is 3.64. The van der Waals surface area contributed by atoms with Gasteiger partial charge < -0.3 is 10.2 Å². The van der Waals surface area contributed by atoms with Crippen molar-refractivity contribution in [1.82, 2.24) is 5.32 Å². The molecule has 3 rings (SSSR count). The van der Waals surface area contributed by atoms with E-state index in [9.17, 15) is 0 Å². The van der Waals surface area contributed by atoms with Gasteiger partial charge in [-0.15, -0.1) is 11.3 Å². The van der Waals surface area contributed by atoms with Gasteiger partial charge in [-0.1, -0.05) is 37.6 Å². The Balaban J connectivity index is 1.76. The van der Waals surface area contributed by atoms with E-state index in [0.29, 0.717) is 6.04 Å². The topological polar surface area (TPSA) is 15.3 Å². The van der Waals surface area contributed by atoms with Gasteiger partial charge in [0, 0.05) is 36.2 Å². The van der Waals surface area contributed by atoms with Crippen molar-refractivity contribution in [1.29, 1.82) is 0 Å². The molecule has 0 saturated carbocycles. The first-order valence-electron chi connectivity index (χ1n) is 7.95. The minimum atomic E-state index is 0.603. The first kappa shape index (κ1) is 14.6. The van der Waals surface area contributed by atoms with Gasteiger partial charge in [-0.25, -0.2) is 0 Å². The van der Waals surface area contributed by atoms with Crippen LogP contribution < -0.4 is 10.2 Å². The van der Waals surface area contributed by atoms with Gasteiger partial charge in [-0.2, -0.15) is 0 Å². The zero-order valence-corrected chi connectivity index (χ0v) is 13.5. The maximum atomic E-state index is 3.72. The van der Waals surface area contributed by atoms with Crippen LogP contribution in [-0.4, -0.2) is 19.1 Å². The molecule has 1 aromatic carbocycles. The molecule has 1 aliphatic heterocycles. The highest BCUT2D eigenvalue weighted by atomic mass is 32.1. The van der Waals surface area contributed by atoms with E-state index in [-0.39, 0.29) is 0 Å². The summed E-state index contributed by atoms with van der Waals surface area (Å²) in [5, 5.41) is 5.90. The number of benzene rings is 1. The first-order valence-corrected chi connectivity index (χ1v) is 8.83. The highest BCUT2D eigenvalue weighted by molar-refractivity contribution is 7.09. The molecule has 2 nitrogen and oxygen atoms in total. The summed E-state index contributed by atoms with van der Waals surface area (Å²) in [5.74, 6) is 0. The lowest BCUT2D eigenvalue weighted by molar-refractivity contribution is 0.480. The van der Waals surface area contributed by atoms with E-state index in [2.05, 4.69) is 58.9 Å². The van der Waals surface area contributed by atoms with E-state index in [4.69, 9.17) is 0 Å². The number of hydrogen-bond acceptors (Lipinski definition) is 3. The Bertz CT molecular complexity index is 550. The standard InChI is InChI=1S/C18H24N2S/c1-2-6-16-14-20(11-10-17-8-5-12-21-17)18-9-4-3-7-15(18)13-19-16/h3-5,7-9,12,16,19H,2,6,10-11,13-14H2,1H3. The smallest absolute Gasteiger partial charge is 0.0412 e. The van der Waals surface area contributed by atoms with Crippen LogP contribution in [-0.2, 0) is 13.0 Å². The molecule has 0 bridgehead atoms. The van der Waals surface area contributed by atoms with Gasteiger partial charge in [0.2, 0.25) is 0 Å². The van der Waals surface area contributed by atoms with Crippen molar-refractivity contribution >= 4 is 17.0 Å². The molecule has 0 fully saturated rings. The summed E-state index contributed by atoms with van der Waals surface area (Å²) in [4.78, 5) is 4.06. The molecule has 3 heteroatoms. The van der Waals surface area contributed by atoms with Crippen molar-refractivity contribution in [2.75, 3.05) is 18.0 Å². The Morgan fingerprint density at radius 3 is 2.95 bits per heavy atom. The van der Waals surface area contributed by atoms with Crippen LogP contribution in [0, 0.1) is 0 Å². The van der Waals surface area contributed by atoms with Crippen molar-refractivity contribution in [3.63, 3.8) is 0 Å². The van der Waals surface area contributed by atoms with Crippen LogP contribution in [0.2, 0.25) is 0 Å². The second-order valence-electron chi connectivity index (χ2n) is 5.77. The molecule has 1 N–H and O–H groups in total. The number of nitrogens with one attached hydrogen (secondary N) is 1. The van der Waals surface area contributed by atoms with E-state index in [1.54, 1.807) is 0 Å². The molecule has 1 aliphatic rings. The molecule has 0 radical (unpaired) electrons. The second-order valence-corrected chi connectivity index (χ2v) is 6.80. The Labute approximate surface area is 131 Å². The SMILES string of the molecule is CCCC1CN(CCc2cccs2)c2ccccc2CN1. The third-order valence-electron chi connectivity index (χ3n) is 4.20. The quantitative estimate of drug-likeness (QED) is 0.895. The monoisotopic (exact) mass is 300 g/mol. The minimum Gasteiger partial charge on any atom is -0.369 e. The Morgan fingerprint density at radius 2 is 2.14 bits per heavy atom. The predicted molar refractivity (Wildman–Crippen MR) is 92.2 cm³/mol. The number of rotatable bonds is 5. The molecule has 1 aromatic heterocycles. The van der Waals surface area contributed by atoms with Gasteiger partial charge in [0.15, 0.2) is 0 Å². The number of para-hydroxylation sites is 1. The van der Waals surface area contributed by atoms with E-state index in [0.717, 1.165) is 26.1 Å². The molecular formula is C18H24N2S. The van der Waals surface area contributed by atoms with E-state index in [1.807, 2.05) is 11.3 Å². The molecule has 21 heavy (non-hydrogen) atoms. The Kier molecular flexibility index (Phi) is 4.94. The molecule has 0 spiro atoms. The van der Waals surface area contributed by atoms with Crippen molar-refractivity contribution in [3.05, 3.63) is 52.2 Å². The van der Waals surface area contributed by atoms with E-state index >= 15 is 0 Å². The number of fused-ring (bicyclic) bond motifs is 1. The molecule has 1 atom stereocenters. The molecule has 1 unspecified atom stereocenters. The maximum Gasteiger partial charge on any atom is 0.0412 e. The zero-order valence-electron chi connectivity index (χ0n) is 12.7. The van der Waals surface area contributed by atoms with Crippen LogP contribution >= 0.6 is 11.3 Å². The van der Waals surface area contributed by atoms with Gasteiger partial charge in [-0.05, 0) is 35.9 Å². The molecule has 2 aromatic rings. The predicted octanol–water partition coefficient (Wildman–Crippen LogP) is 4.07. The largest absolute Gasteiger partial charge is 0.369 e. The van der Waals surface area contributed by atoms with Gasteiger partial charge in [0.1, 0.15) is 0 Å². The molecule has 0 amide bonds. The fourth-order valence-corrected chi connectivity index (χ4v) is 3.80. The van der Waals surface area contributed by atoms with E-state index in [1.165, 1.54) is 29.0 Å². The summed E-state index contributed by atoms with van der Waals surface area (Å²) in [6.45, 7) is 5.50. The normalized spacial score (nSPS) is 18.3. The van der Waals surface area contributed by atoms with Crippen molar-refractivity contribution in [3.8, 4) is 0 Å². The van der Waals surface area contributed by atoms with Crippen molar-refractivity contribution < 1.29 is 0 Å². The third-order valence-corrected chi connectivity index (χ3v) is 5.14. The summed E-state index contributed by atoms with van der Waals surface area (Å²) >= 11 is 1.87. The van der Waals surface area contributed by atoms with Gasteiger partial charge in [0.25, 0.3) is 0 Å². The molecule has 0 aliphatic carbocycles. The molecule has 112 valence electrons. The summed E-state index contributed by atoms with van der Waals surface area (Å²) < 4.78 is 0. The number of nitrogens with zero attached hydrogens (tertiary/aromatic N) is 1. The van der Waals surface area contributed by atoms with Gasteiger partial charge in [0.05, 0.1) is 0 Å². The summed E-state index contributed by atoms with van der Waals surface area (Å²) in [7, 11) is 0. The second kappa shape index (κ2) is 7.10. The Hall–Kier alpha value is -1.32. The maximum absolute atomic E-state index is 3.72. The first-order chi connectivity index (χ1) is 10.4. The zero-order chi connectivity index (χ0) is 14.5. The fraction of sp³-hybridized carbons (Fsp3) is 0.444. The van der Waals surface area contributed by atoms with Crippen molar-refractivity contribution in [2.45, 2.75) is 38.8 Å². The fourth-order valence-electron chi connectivity index (χ4n) is 3.11. The van der Waals surface area contributed by atoms with Crippen LogP contribution in [0.5, 0.6) is 0 Å². The number of anilines is 1. The average molecular weight is 300 g/mol. The lowest BCUT2D eigenvalue weighted by Gasteiger charge is -2.27. The van der Waals surface area contributed by atoms with Crippen molar-refractivity contribution in [2.24, 2.45) is 0 Å². The van der Waals surface area contributed by atoms with Crippen LogP contribution in [0.1, 0.15) is 30.2 Å². The highest BCUT2D eigenvalue weighted by Gasteiger charge is 2.20. The molecular weight excluding hydrogens is 276 g/mol. The molecule has 2 heterocycles. The Morgan fingerprint density at radius 1 is 1.24 bits per heavy atom. The van der Waals surface area contributed by atoms with Gasteiger partial charge in [-0.3, -0.25) is 0 Å². The van der Waals surface area contributed by atoms with E-state index < -0.39 is 0 Å². The molecule has 0 saturated heterocycles. The van der Waals surface area contributed by atoms with Gasteiger partial charge >= 0.3 is 0 Å². The lowest BCUT2D eigenvalue weighted by Crippen LogP contribution is -2.39. The summed E-state index contributed by atoms with van der Waals surface area (Å²) in [6, 6.07) is 13.9. The number of hydrogen-bond donors (Lipinski definition) is 1. The van der Waals surface area contributed by atoms with Crippen LogP contribution in [0.3, 0.4) is 0 Å². The average Bonchev–Trinajstić information content (AvgIpc) is 2.96. The van der Waals surface area contributed by atoms with Crippen LogP contribution in [0.4, 0.5) is 5.69 Å². The lowest BCUT2D eigenvalue weighted by atomic mass is 10.1. The van der Waals surface area contributed by atoms with Crippen LogP contribution in [0.25, 0.3) is 0 Å². The number of thiophene rings is 1. The third kappa shape index (κ3) is 3.66.